The number of amides is 1. The van der Waals surface area contributed by atoms with Crippen molar-refractivity contribution in [3.63, 3.8) is 0 Å². The van der Waals surface area contributed by atoms with Crippen LogP contribution in [-0.4, -0.2) is 17.9 Å². The molecule has 110 valence electrons. The molecule has 1 amide bonds. The van der Waals surface area contributed by atoms with Crippen LogP contribution < -0.4 is 11.1 Å². The minimum atomic E-state index is -0.534. The Hall–Kier alpha value is -2.04. The van der Waals surface area contributed by atoms with Crippen molar-refractivity contribution in [2.24, 2.45) is 11.7 Å². The lowest BCUT2D eigenvalue weighted by molar-refractivity contribution is -0.148. The van der Waals surface area contributed by atoms with Crippen molar-refractivity contribution in [3.05, 3.63) is 29.3 Å². The Kier molecular flexibility index (Phi) is 5.55. The van der Waals surface area contributed by atoms with Gasteiger partial charge in [0.2, 0.25) is 5.91 Å². The largest absolute Gasteiger partial charge is 0.461 e. The van der Waals surface area contributed by atoms with E-state index in [0.717, 1.165) is 5.69 Å². The second kappa shape index (κ2) is 6.93. The van der Waals surface area contributed by atoms with Crippen LogP contribution in [-0.2, 0) is 16.1 Å². The molecule has 0 saturated carbocycles. The molecule has 5 nitrogen and oxygen atoms in total. The van der Waals surface area contributed by atoms with E-state index in [-0.39, 0.29) is 24.5 Å². The van der Waals surface area contributed by atoms with Gasteiger partial charge in [-0.05, 0) is 26.0 Å². The molecule has 0 fully saturated rings. The highest BCUT2D eigenvalue weighted by molar-refractivity contribution is 5.95. The van der Waals surface area contributed by atoms with Crippen molar-refractivity contribution in [2.75, 3.05) is 5.32 Å². The van der Waals surface area contributed by atoms with Gasteiger partial charge in [0.25, 0.3) is 0 Å². The number of carbonyl (C=O) groups excluding carboxylic acids is 2. The van der Waals surface area contributed by atoms with Crippen molar-refractivity contribution in [1.82, 2.24) is 0 Å². The van der Waals surface area contributed by atoms with Crippen LogP contribution in [0.25, 0.3) is 0 Å². The molecule has 0 aliphatic rings. The lowest BCUT2D eigenvalue weighted by atomic mass is 10.1. The van der Waals surface area contributed by atoms with E-state index < -0.39 is 5.91 Å². The van der Waals surface area contributed by atoms with Crippen LogP contribution in [0.2, 0.25) is 0 Å². The number of primary amides is 1. The molecule has 0 aromatic heterocycles. The monoisotopic (exact) mass is 278 g/mol. The molecule has 5 heteroatoms. The summed E-state index contributed by atoms with van der Waals surface area (Å²) in [4.78, 5) is 23.0. The van der Waals surface area contributed by atoms with Crippen LogP contribution in [0, 0.1) is 5.92 Å². The molecule has 0 aliphatic heterocycles. The first-order valence-corrected chi connectivity index (χ1v) is 6.67. The van der Waals surface area contributed by atoms with E-state index in [1.54, 1.807) is 26.0 Å². The highest BCUT2D eigenvalue weighted by Crippen LogP contribution is 2.18. The first-order valence-electron chi connectivity index (χ1n) is 6.67. The van der Waals surface area contributed by atoms with Crippen LogP contribution in [0.15, 0.2) is 18.2 Å². The van der Waals surface area contributed by atoms with Gasteiger partial charge in [-0.25, -0.2) is 0 Å². The zero-order chi connectivity index (χ0) is 15.3. The molecule has 0 unspecified atom stereocenters. The number of ether oxygens (including phenoxy) is 1. The molecule has 0 saturated heterocycles. The fourth-order valence-corrected chi connectivity index (χ4v) is 1.67. The molecular formula is C15H22N2O3. The van der Waals surface area contributed by atoms with E-state index in [1.807, 2.05) is 19.9 Å². The first-order chi connectivity index (χ1) is 9.31. The molecule has 3 N–H and O–H groups in total. The number of hydrogen-bond donors (Lipinski definition) is 2. The number of carbonyl (C=O) groups is 2. The van der Waals surface area contributed by atoms with Crippen molar-refractivity contribution in [3.8, 4) is 0 Å². The van der Waals surface area contributed by atoms with Crippen LogP contribution in [0.5, 0.6) is 0 Å². The van der Waals surface area contributed by atoms with Gasteiger partial charge in [0.05, 0.1) is 5.92 Å². The third-order valence-electron chi connectivity index (χ3n) is 2.67. The lowest BCUT2D eigenvalue weighted by Crippen LogP contribution is -2.18. The Bertz CT molecular complexity index is 496. The zero-order valence-corrected chi connectivity index (χ0v) is 12.4. The van der Waals surface area contributed by atoms with E-state index in [4.69, 9.17) is 10.5 Å². The Labute approximate surface area is 119 Å². The lowest BCUT2D eigenvalue weighted by Gasteiger charge is -2.14. The molecular weight excluding hydrogens is 256 g/mol. The third kappa shape index (κ3) is 4.57. The predicted molar refractivity (Wildman–Crippen MR) is 78.4 cm³/mol. The highest BCUT2D eigenvalue weighted by Gasteiger charge is 2.13. The number of esters is 1. The number of rotatable bonds is 6. The molecule has 0 spiro atoms. The minimum absolute atomic E-state index is 0.0528. The second-order valence-corrected chi connectivity index (χ2v) is 5.30. The molecule has 0 radical (unpaired) electrons. The topological polar surface area (TPSA) is 81.4 Å². The van der Waals surface area contributed by atoms with E-state index in [0.29, 0.717) is 11.1 Å². The van der Waals surface area contributed by atoms with Crippen LogP contribution in [0.3, 0.4) is 0 Å². The SMILES string of the molecule is CC(C)Nc1ccc(COC(=O)C(C)C)c(C(N)=O)c1. The van der Waals surface area contributed by atoms with Gasteiger partial charge < -0.3 is 15.8 Å². The van der Waals surface area contributed by atoms with Crippen LogP contribution in [0.4, 0.5) is 5.69 Å². The summed E-state index contributed by atoms with van der Waals surface area (Å²) in [6, 6.07) is 5.52. The summed E-state index contributed by atoms with van der Waals surface area (Å²) < 4.78 is 5.13. The van der Waals surface area contributed by atoms with Gasteiger partial charge in [0.15, 0.2) is 0 Å². The van der Waals surface area contributed by atoms with Crippen molar-refractivity contribution >= 4 is 17.6 Å². The second-order valence-electron chi connectivity index (χ2n) is 5.30. The predicted octanol–water partition coefficient (Wildman–Crippen LogP) is 2.30. The summed E-state index contributed by atoms with van der Waals surface area (Å²) in [5.74, 6) is -1.04. The van der Waals surface area contributed by atoms with Gasteiger partial charge >= 0.3 is 5.97 Å². The Morgan fingerprint density at radius 2 is 1.90 bits per heavy atom. The van der Waals surface area contributed by atoms with Crippen LogP contribution >= 0.6 is 0 Å². The van der Waals surface area contributed by atoms with E-state index >= 15 is 0 Å². The Morgan fingerprint density at radius 1 is 1.25 bits per heavy atom. The summed E-state index contributed by atoms with van der Waals surface area (Å²) in [6.07, 6.45) is 0. The number of benzene rings is 1. The number of nitrogens with two attached hydrogens (primary N) is 1. The van der Waals surface area contributed by atoms with Gasteiger partial charge in [0, 0.05) is 22.9 Å². The average Bonchev–Trinajstić information content (AvgIpc) is 2.35. The van der Waals surface area contributed by atoms with Crippen molar-refractivity contribution in [2.45, 2.75) is 40.3 Å². The maximum Gasteiger partial charge on any atom is 0.308 e. The zero-order valence-electron chi connectivity index (χ0n) is 12.4. The van der Waals surface area contributed by atoms with Gasteiger partial charge in [-0.15, -0.1) is 0 Å². The third-order valence-corrected chi connectivity index (χ3v) is 2.67. The molecule has 1 rings (SSSR count). The minimum Gasteiger partial charge on any atom is -0.461 e. The first kappa shape index (κ1) is 16.0. The van der Waals surface area contributed by atoms with E-state index in [2.05, 4.69) is 5.32 Å². The van der Waals surface area contributed by atoms with E-state index in [9.17, 15) is 9.59 Å². The smallest absolute Gasteiger partial charge is 0.308 e. The molecule has 0 aliphatic carbocycles. The summed E-state index contributed by atoms with van der Waals surface area (Å²) in [6.45, 7) is 7.57. The number of nitrogens with one attached hydrogen (secondary N) is 1. The van der Waals surface area contributed by atoms with Gasteiger partial charge in [-0.1, -0.05) is 19.9 Å². The van der Waals surface area contributed by atoms with Crippen LogP contribution in [0.1, 0.15) is 43.6 Å². The average molecular weight is 278 g/mol. The summed E-state index contributed by atoms with van der Waals surface area (Å²) >= 11 is 0. The van der Waals surface area contributed by atoms with Crippen molar-refractivity contribution in [1.29, 1.82) is 0 Å². The Morgan fingerprint density at radius 3 is 2.40 bits per heavy atom. The maximum absolute atomic E-state index is 11.5. The normalized spacial score (nSPS) is 10.7. The maximum atomic E-state index is 11.5. The highest BCUT2D eigenvalue weighted by atomic mass is 16.5. The summed E-state index contributed by atoms with van der Waals surface area (Å²) in [5.41, 5.74) is 7.17. The quantitative estimate of drug-likeness (QED) is 0.782. The molecule has 20 heavy (non-hydrogen) atoms. The molecule has 1 aromatic rings. The fraction of sp³-hybridized carbons (Fsp3) is 0.467. The Balaban J connectivity index is 2.90. The molecule has 0 heterocycles. The van der Waals surface area contributed by atoms with Gasteiger partial charge in [-0.2, -0.15) is 0 Å². The fourth-order valence-electron chi connectivity index (χ4n) is 1.67. The van der Waals surface area contributed by atoms with Gasteiger partial charge in [0.1, 0.15) is 6.61 Å². The molecule has 1 aromatic carbocycles. The molecule has 0 bridgehead atoms. The summed E-state index contributed by atoms with van der Waals surface area (Å²) in [5, 5.41) is 3.19. The summed E-state index contributed by atoms with van der Waals surface area (Å²) in [7, 11) is 0. The van der Waals surface area contributed by atoms with E-state index in [1.165, 1.54) is 0 Å². The standard InChI is InChI=1S/C15H22N2O3/c1-9(2)15(19)20-8-11-5-6-12(17-10(3)4)7-13(11)14(16)18/h5-7,9-10,17H,8H2,1-4H3,(H2,16,18). The van der Waals surface area contributed by atoms with Crippen molar-refractivity contribution < 1.29 is 14.3 Å². The number of anilines is 1. The number of hydrogen-bond acceptors (Lipinski definition) is 4. The molecule has 0 atom stereocenters. The van der Waals surface area contributed by atoms with Gasteiger partial charge in [-0.3, -0.25) is 9.59 Å².